The largest absolute Gasteiger partial charge is 0.459 e. The summed E-state index contributed by atoms with van der Waals surface area (Å²) in [6.45, 7) is 6.44. The monoisotopic (exact) mass is 570 g/mol. The summed E-state index contributed by atoms with van der Waals surface area (Å²) < 4.78 is 5.49. The maximum atomic E-state index is 12.9. The number of halogens is 2. The van der Waals surface area contributed by atoms with Crippen molar-refractivity contribution in [2.45, 2.75) is 57.8 Å². The third-order valence-electron chi connectivity index (χ3n) is 6.17. The molecule has 1 fully saturated rings. The van der Waals surface area contributed by atoms with E-state index in [-0.39, 0.29) is 23.7 Å². The summed E-state index contributed by atoms with van der Waals surface area (Å²) >= 11 is 12.5. The molecule has 4 rings (SSSR count). The van der Waals surface area contributed by atoms with Gasteiger partial charge in [0.05, 0.1) is 11.9 Å². The Bertz CT molecular complexity index is 1320. The summed E-state index contributed by atoms with van der Waals surface area (Å²) in [6.07, 6.45) is 2.76. The number of ether oxygens (including phenoxy) is 1. The molecule has 1 aliphatic rings. The zero-order chi connectivity index (χ0) is 28.2. The number of benzene rings is 2. The van der Waals surface area contributed by atoms with E-state index in [0.717, 1.165) is 17.5 Å². The molecule has 0 saturated carbocycles. The van der Waals surface area contributed by atoms with Crippen LogP contribution in [0.4, 0.5) is 11.6 Å². The lowest BCUT2D eigenvalue weighted by atomic mass is 9.98. The van der Waals surface area contributed by atoms with Crippen LogP contribution >= 0.6 is 23.2 Å². The van der Waals surface area contributed by atoms with Crippen molar-refractivity contribution in [2.24, 2.45) is 0 Å². The number of carbonyl (C=O) groups is 2. The van der Waals surface area contributed by atoms with E-state index in [0.29, 0.717) is 46.6 Å². The molecule has 206 valence electrons. The van der Waals surface area contributed by atoms with Gasteiger partial charge in [-0.15, -0.1) is 0 Å². The van der Waals surface area contributed by atoms with Crippen molar-refractivity contribution in [3.8, 4) is 11.3 Å². The number of nitrogens with zero attached hydrogens (tertiary/aromatic N) is 2. The summed E-state index contributed by atoms with van der Waals surface area (Å²) in [5.74, 6) is 0.123. The van der Waals surface area contributed by atoms with E-state index in [4.69, 9.17) is 33.7 Å². The third-order valence-corrected chi connectivity index (χ3v) is 6.88. The van der Waals surface area contributed by atoms with Crippen molar-refractivity contribution in [1.82, 2.24) is 20.6 Å². The van der Waals surface area contributed by atoms with Crippen molar-refractivity contribution in [3.05, 3.63) is 69.8 Å². The topological polar surface area (TPSA) is 131 Å². The molecule has 1 aromatic heterocycles. The van der Waals surface area contributed by atoms with Crippen LogP contribution in [0.5, 0.6) is 0 Å². The molecule has 1 amide bonds. The first-order valence-electron chi connectivity index (χ1n) is 12.7. The first kappa shape index (κ1) is 28.6. The Hall–Kier alpha value is -3.40. The van der Waals surface area contributed by atoms with Gasteiger partial charge in [-0.3, -0.25) is 9.59 Å². The minimum Gasteiger partial charge on any atom is -0.459 e. The molecule has 0 aliphatic carbocycles. The van der Waals surface area contributed by atoms with Crippen molar-refractivity contribution < 1.29 is 14.3 Å². The Balaban J connectivity index is 1.39. The van der Waals surface area contributed by atoms with Gasteiger partial charge in [0.2, 0.25) is 0 Å². The highest BCUT2D eigenvalue weighted by Crippen LogP contribution is 2.27. The summed E-state index contributed by atoms with van der Waals surface area (Å²) in [7, 11) is 0. The predicted molar refractivity (Wildman–Crippen MR) is 154 cm³/mol. The Morgan fingerprint density at radius 1 is 1.13 bits per heavy atom. The normalized spacial score (nSPS) is 17.4. The molecule has 2 atom stereocenters. The maximum Gasteiger partial charge on any atom is 0.323 e. The van der Waals surface area contributed by atoms with E-state index in [2.05, 4.69) is 25.9 Å². The number of amides is 1. The molecule has 1 saturated heterocycles. The number of nitrogen functional groups attached to an aromatic ring is 1. The molecule has 39 heavy (non-hydrogen) atoms. The quantitative estimate of drug-likeness (QED) is 0.297. The lowest BCUT2D eigenvalue weighted by molar-refractivity contribution is -0.158. The Kier molecular flexibility index (Phi) is 8.94. The Morgan fingerprint density at radius 2 is 1.82 bits per heavy atom. The first-order valence-corrected chi connectivity index (χ1v) is 13.4. The molecule has 2 heterocycles. The van der Waals surface area contributed by atoms with Crippen LogP contribution in [0.1, 0.15) is 49.5 Å². The lowest BCUT2D eigenvalue weighted by Crippen LogP contribution is -2.52. The van der Waals surface area contributed by atoms with E-state index in [1.54, 1.807) is 48.7 Å². The van der Waals surface area contributed by atoms with Gasteiger partial charge < -0.3 is 26.4 Å². The second-order valence-corrected chi connectivity index (χ2v) is 11.2. The molecule has 0 radical (unpaired) electrons. The fourth-order valence-corrected chi connectivity index (χ4v) is 4.73. The lowest BCUT2D eigenvalue weighted by Gasteiger charge is -2.31. The van der Waals surface area contributed by atoms with Crippen LogP contribution in [0.25, 0.3) is 11.3 Å². The van der Waals surface area contributed by atoms with Gasteiger partial charge in [-0.25, -0.2) is 9.97 Å². The van der Waals surface area contributed by atoms with Crippen molar-refractivity contribution in [1.29, 1.82) is 0 Å². The molecule has 2 aromatic carbocycles. The van der Waals surface area contributed by atoms with Crippen LogP contribution < -0.4 is 21.7 Å². The summed E-state index contributed by atoms with van der Waals surface area (Å²) in [5.41, 5.74) is 8.05. The highest BCUT2D eigenvalue weighted by atomic mass is 35.5. The smallest absolute Gasteiger partial charge is 0.323 e. The number of nitrogens with two attached hydrogens (primary N) is 1. The fourth-order valence-electron chi connectivity index (χ4n) is 4.20. The van der Waals surface area contributed by atoms with E-state index in [1.165, 1.54) is 0 Å². The third kappa shape index (κ3) is 7.59. The summed E-state index contributed by atoms with van der Waals surface area (Å²) in [6, 6.07) is 11.8. The number of aromatic nitrogens is 2. The van der Waals surface area contributed by atoms with Gasteiger partial charge in [0.15, 0.2) is 11.6 Å². The molecule has 1 aliphatic heterocycles. The van der Waals surface area contributed by atoms with Gasteiger partial charge >= 0.3 is 5.97 Å². The van der Waals surface area contributed by atoms with Crippen molar-refractivity contribution in [3.63, 3.8) is 0 Å². The Labute approximate surface area is 237 Å². The fraction of sp³-hybridized carbons (Fsp3) is 0.357. The van der Waals surface area contributed by atoms with Crippen LogP contribution in [-0.2, 0) is 16.1 Å². The number of hydrogen-bond acceptors (Lipinski definition) is 8. The highest BCUT2D eigenvalue weighted by molar-refractivity contribution is 6.36. The molecule has 9 nitrogen and oxygen atoms in total. The van der Waals surface area contributed by atoms with Gasteiger partial charge in [-0.05, 0) is 64.4 Å². The van der Waals surface area contributed by atoms with E-state index in [9.17, 15) is 9.59 Å². The van der Waals surface area contributed by atoms with Gasteiger partial charge in [0.1, 0.15) is 11.6 Å². The number of rotatable bonds is 7. The van der Waals surface area contributed by atoms with E-state index < -0.39 is 11.6 Å². The molecule has 0 spiro atoms. The van der Waals surface area contributed by atoms with Crippen LogP contribution in [0.3, 0.4) is 0 Å². The SMILES string of the molecule is CC(C)(C)OC(=O)C1CC(NC(=O)c2ccc(-c3cnc(N)c(NCc4c(Cl)cccc4Cl)n3)cc2)CCN1. The standard InChI is InChI=1S/C28H32Cl2N6O3/c1-28(2,3)39-27(38)22-13-18(11-12-32-22)35-26(37)17-9-7-16(8-10-17)23-15-33-24(31)25(36-23)34-14-19-20(29)5-4-6-21(19)30/h4-10,15,18,22,32H,11-14H2,1-3H3,(H2,31,33)(H,34,36)(H,35,37). The minimum atomic E-state index is -0.564. The van der Waals surface area contributed by atoms with Crippen LogP contribution in [0.15, 0.2) is 48.7 Å². The molecule has 2 unspecified atom stereocenters. The first-order chi connectivity index (χ1) is 18.5. The molecule has 0 bridgehead atoms. The van der Waals surface area contributed by atoms with Gasteiger partial charge in [-0.2, -0.15) is 0 Å². The van der Waals surface area contributed by atoms with Gasteiger partial charge in [0, 0.05) is 39.3 Å². The zero-order valence-corrected chi connectivity index (χ0v) is 23.6. The minimum absolute atomic E-state index is 0.140. The predicted octanol–water partition coefficient (Wildman–Crippen LogP) is 4.84. The summed E-state index contributed by atoms with van der Waals surface area (Å²) in [4.78, 5) is 34.2. The van der Waals surface area contributed by atoms with Crippen molar-refractivity contribution in [2.75, 3.05) is 17.6 Å². The van der Waals surface area contributed by atoms with Crippen LogP contribution in [0, 0.1) is 0 Å². The van der Waals surface area contributed by atoms with E-state index in [1.807, 2.05) is 20.8 Å². The number of anilines is 2. The molecular formula is C28H32Cl2N6O3. The number of carbonyl (C=O) groups excluding carboxylic acids is 2. The van der Waals surface area contributed by atoms with Gasteiger partial charge in [-0.1, -0.05) is 41.4 Å². The van der Waals surface area contributed by atoms with Crippen LogP contribution in [-0.4, -0.2) is 46.1 Å². The second kappa shape index (κ2) is 12.2. The maximum absolute atomic E-state index is 12.9. The van der Waals surface area contributed by atoms with E-state index >= 15 is 0 Å². The second-order valence-electron chi connectivity index (χ2n) is 10.4. The molecule has 5 N–H and O–H groups in total. The number of piperidine rings is 1. The number of nitrogens with one attached hydrogen (secondary N) is 3. The van der Waals surface area contributed by atoms with Crippen molar-refractivity contribution >= 4 is 46.7 Å². The van der Waals surface area contributed by atoms with Crippen LogP contribution in [0.2, 0.25) is 10.0 Å². The number of hydrogen-bond donors (Lipinski definition) is 4. The molecular weight excluding hydrogens is 539 g/mol. The Morgan fingerprint density at radius 3 is 2.49 bits per heavy atom. The molecule has 11 heteroatoms. The highest BCUT2D eigenvalue weighted by Gasteiger charge is 2.31. The van der Waals surface area contributed by atoms with Gasteiger partial charge in [0.25, 0.3) is 5.91 Å². The number of esters is 1. The average Bonchev–Trinajstić information content (AvgIpc) is 2.88. The molecule has 3 aromatic rings. The average molecular weight is 572 g/mol. The summed E-state index contributed by atoms with van der Waals surface area (Å²) in [5, 5.41) is 10.4. The zero-order valence-electron chi connectivity index (χ0n) is 22.1.